The lowest BCUT2D eigenvalue weighted by molar-refractivity contribution is -0.407. The molecule has 0 N–H and O–H groups in total. The molecule has 0 aliphatic carbocycles. The summed E-state index contributed by atoms with van der Waals surface area (Å²) in [6, 6.07) is 30.1. The summed E-state index contributed by atoms with van der Waals surface area (Å²) in [5, 5.41) is 4.34. The Morgan fingerprint density at radius 1 is 0.737 bits per heavy atom. The van der Waals surface area contributed by atoms with Gasteiger partial charge in [-0.25, -0.2) is 0 Å². The molecule has 3 aromatic carbocycles. The summed E-state index contributed by atoms with van der Waals surface area (Å²) in [6.07, 6.45) is -1.32. The molecule has 2 heterocycles. The molecule has 200 valence electrons. The summed E-state index contributed by atoms with van der Waals surface area (Å²) < 4.78 is 32.0. The van der Waals surface area contributed by atoms with Crippen LogP contribution in [-0.4, -0.2) is 43.2 Å². The maximum Gasteiger partial charge on any atom is 0.273 e. The fraction of sp³-hybridized carbons (Fsp3) is 0.387. The van der Waals surface area contributed by atoms with E-state index in [0.29, 0.717) is 26.2 Å². The highest BCUT2D eigenvalue weighted by atomic mass is 16.8. The minimum atomic E-state index is -1.19. The fourth-order valence-electron chi connectivity index (χ4n) is 4.86. The van der Waals surface area contributed by atoms with Crippen molar-refractivity contribution in [1.82, 2.24) is 0 Å². The van der Waals surface area contributed by atoms with E-state index in [1.165, 1.54) is 0 Å². The monoisotopic (exact) mass is 517 g/mol. The van der Waals surface area contributed by atoms with Crippen molar-refractivity contribution in [1.29, 1.82) is 0 Å². The van der Waals surface area contributed by atoms with Crippen molar-refractivity contribution in [3.05, 3.63) is 108 Å². The molecule has 2 aliphatic heterocycles. The summed E-state index contributed by atoms with van der Waals surface area (Å²) in [7, 11) is 1.60. The van der Waals surface area contributed by atoms with Crippen molar-refractivity contribution >= 4 is 5.71 Å². The van der Waals surface area contributed by atoms with Crippen LogP contribution in [0.4, 0.5) is 0 Å². The molecule has 0 saturated carbocycles. The molecule has 0 amide bonds. The molecule has 7 heteroatoms. The van der Waals surface area contributed by atoms with Gasteiger partial charge in [0.15, 0.2) is 12.4 Å². The second-order valence-electron chi connectivity index (χ2n) is 9.55. The predicted octanol–water partition coefficient (Wildman–Crippen LogP) is 5.63. The molecule has 1 saturated heterocycles. The fourth-order valence-corrected chi connectivity index (χ4v) is 4.86. The van der Waals surface area contributed by atoms with Crippen LogP contribution < -0.4 is 0 Å². The van der Waals surface area contributed by atoms with Crippen molar-refractivity contribution in [3.8, 4) is 0 Å². The minimum absolute atomic E-state index is 0.357. The van der Waals surface area contributed by atoms with Crippen LogP contribution in [0.1, 0.15) is 36.5 Å². The van der Waals surface area contributed by atoms with E-state index in [1.54, 1.807) is 7.11 Å². The van der Waals surface area contributed by atoms with Crippen molar-refractivity contribution in [2.75, 3.05) is 7.11 Å². The van der Waals surface area contributed by atoms with Crippen molar-refractivity contribution in [2.24, 2.45) is 5.16 Å². The number of benzene rings is 3. The van der Waals surface area contributed by atoms with Crippen LogP contribution in [0.15, 0.2) is 96.2 Å². The Bertz CT molecular complexity index is 1160. The number of nitrogens with zero attached hydrogens (tertiary/aromatic N) is 1. The Labute approximate surface area is 224 Å². The first-order chi connectivity index (χ1) is 18.7. The van der Waals surface area contributed by atoms with E-state index >= 15 is 0 Å². The van der Waals surface area contributed by atoms with Gasteiger partial charge in [0.05, 0.1) is 32.0 Å². The van der Waals surface area contributed by atoms with Gasteiger partial charge in [-0.3, -0.25) is 0 Å². The molecule has 3 aromatic rings. The van der Waals surface area contributed by atoms with Crippen LogP contribution in [0.2, 0.25) is 0 Å². The second kappa shape index (κ2) is 12.7. The Morgan fingerprint density at radius 2 is 1.24 bits per heavy atom. The number of hydrogen-bond donors (Lipinski definition) is 0. The Balaban J connectivity index is 1.46. The second-order valence-corrected chi connectivity index (χ2v) is 9.55. The molecule has 0 unspecified atom stereocenters. The van der Waals surface area contributed by atoms with Crippen LogP contribution in [-0.2, 0) is 48.3 Å². The Morgan fingerprint density at radius 3 is 1.71 bits per heavy atom. The standard InChI is InChI=1S/C31H35NO6/c1-3-26-19-31(38-32-26)29(36-22-25-17-11-6-12-18-25)27(34-20-23-13-7-4-8-14-23)28(30(33-2)37-31)35-21-24-15-9-5-10-16-24/h4-18,27-30H,3,19-22H2,1-2H3/t27-,28-,29+,30+,31-/m1/s1. The minimum Gasteiger partial charge on any atom is -0.368 e. The van der Waals surface area contributed by atoms with Gasteiger partial charge < -0.3 is 28.5 Å². The number of ether oxygens (including phenoxy) is 5. The Hall–Kier alpha value is -3.07. The average Bonchev–Trinajstić information content (AvgIpc) is 3.39. The maximum absolute atomic E-state index is 6.62. The summed E-state index contributed by atoms with van der Waals surface area (Å²) in [6.45, 7) is 3.15. The zero-order chi connectivity index (χ0) is 26.2. The first-order valence-electron chi connectivity index (χ1n) is 13.1. The van der Waals surface area contributed by atoms with Gasteiger partial charge in [-0.05, 0) is 23.1 Å². The van der Waals surface area contributed by atoms with Gasteiger partial charge in [-0.15, -0.1) is 0 Å². The van der Waals surface area contributed by atoms with Crippen LogP contribution >= 0.6 is 0 Å². The topological polar surface area (TPSA) is 67.7 Å². The van der Waals surface area contributed by atoms with Gasteiger partial charge in [-0.1, -0.05) is 103 Å². The Kier molecular flexibility index (Phi) is 8.83. The third kappa shape index (κ3) is 6.14. The molecule has 0 aromatic heterocycles. The smallest absolute Gasteiger partial charge is 0.273 e. The molecule has 5 rings (SSSR count). The summed E-state index contributed by atoms with van der Waals surface area (Å²) >= 11 is 0. The molecule has 38 heavy (non-hydrogen) atoms. The van der Waals surface area contributed by atoms with E-state index in [4.69, 9.17) is 28.5 Å². The largest absolute Gasteiger partial charge is 0.368 e. The van der Waals surface area contributed by atoms with Crippen LogP contribution in [0, 0.1) is 0 Å². The average molecular weight is 518 g/mol. The first kappa shape index (κ1) is 26.5. The quantitative estimate of drug-likeness (QED) is 0.329. The van der Waals surface area contributed by atoms with Gasteiger partial charge in [-0.2, -0.15) is 0 Å². The lowest BCUT2D eigenvalue weighted by Gasteiger charge is -2.48. The van der Waals surface area contributed by atoms with Gasteiger partial charge >= 0.3 is 0 Å². The summed E-state index contributed by atoms with van der Waals surface area (Å²) in [4.78, 5) is 6.04. The molecule has 0 radical (unpaired) electrons. The zero-order valence-corrected chi connectivity index (χ0v) is 21.9. The van der Waals surface area contributed by atoms with E-state index in [9.17, 15) is 0 Å². The SMILES string of the molecule is CCC1=NO[C@@]2(C1)O[C@H](OC)[C@H](OCc1ccccc1)[C@@H](OCc1ccccc1)[C@@H]2OCc1ccccc1. The van der Waals surface area contributed by atoms with E-state index in [0.717, 1.165) is 28.8 Å². The van der Waals surface area contributed by atoms with E-state index in [2.05, 4.69) is 5.16 Å². The molecule has 0 bridgehead atoms. The summed E-state index contributed by atoms with van der Waals surface area (Å²) in [5.41, 5.74) is 4.02. The summed E-state index contributed by atoms with van der Waals surface area (Å²) in [5.74, 6) is -1.19. The molecule has 1 spiro atoms. The van der Waals surface area contributed by atoms with Gasteiger partial charge in [0.25, 0.3) is 5.79 Å². The highest BCUT2D eigenvalue weighted by Crippen LogP contribution is 2.42. The van der Waals surface area contributed by atoms with Gasteiger partial charge in [0, 0.05) is 7.11 Å². The third-order valence-electron chi connectivity index (χ3n) is 6.90. The molecule has 5 atom stereocenters. The molecule has 2 aliphatic rings. The number of oxime groups is 1. The van der Waals surface area contributed by atoms with Crippen LogP contribution in [0.25, 0.3) is 0 Å². The predicted molar refractivity (Wildman–Crippen MR) is 143 cm³/mol. The highest BCUT2D eigenvalue weighted by molar-refractivity contribution is 5.85. The third-order valence-corrected chi connectivity index (χ3v) is 6.90. The molecular formula is C31H35NO6. The number of methoxy groups -OCH3 is 1. The van der Waals surface area contributed by atoms with Gasteiger partial charge in [0.1, 0.15) is 12.2 Å². The molecular weight excluding hydrogens is 482 g/mol. The van der Waals surface area contributed by atoms with E-state index in [-0.39, 0.29) is 0 Å². The molecule has 1 fully saturated rings. The number of hydrogen-bond acceptors (Lipinski definition) is 7. The highest BCUT2D eigenvalue weighted by Gasteiger charge is 2.61. The van der Waals surface area contributed by atoms with E-state index in [1.807, 2.05) is 97.9 Å². The van der Waals surface area contributed by atoms with Crippen LogP contribution in [0.5, 0.6) is 0 Å². The number of rotatable bonds is 11. The lowest BCUT2D eigenvalue weighted by Crippen LogP contribution is -2.66. The van der Waals surface area contributed by atoms with Gasteiger partial charge in [0.2, 0.25) is 0 Å². The van der Waals surface area contributed by atoms with E-state index < -0.39 is 30.4 Å². The van der Waals surface area contributed by atoms with Crippen LogP contribution in [0.3, 0.4) is 0 Å². The van der Waals surface area contributed by atoms with Crippen molar-refractivity contribution in [2.45, 2.75) is 70.0 Å². The van der Waals surface area contributed by atoms with Crippen molar-refractivity contribution in [3.63, 3.8) is 0 Å². The lowest BCUT2D eigenvalue weighted by atomic mass is 9.91. The zero-order valence-electron chi connectivity index (χ0n) is 21.9. The first-order valence-corrected chi connectivity index (χ1v) is 13.1. The van der Waals surface area contributed by atoms with Crippen molar-refractivity contribution < 1.29 is 28.5 Å². The maximum atomic E-state index is 6.62. The normalized spacial score (nSPS) is 26.7. The molecule has 7 nitrogen and oxygen atoms in total.